The van der Waals surface area contributed by atoms with Crippen LogP contribution in [0, 0.1) is 23.7 Å². The van der Waals surface area contributed by atoms with Crippen molar-refractivity contribution in [2.24, 2.45) is 23.7 Å². The van der Waals surface area contributed by atoms with Gasteiger partial charge in [0.05, 0.1) is 12.2 Å². The highest BCUT2D eigenvalue weighted by Gasteiger charge is 2.48. The molecule has 11 atom stereocenters. The quantitative estimate of drug-likeness (QED) is 0.396. The largest absolute Gasteiger partial charge is 0.392 e. The number of aliphatic hydroxyl groups is 1. The zero-order valence-electron chi connectivity index (χ0n) is 22.6. The van der Waals surface area contributed by atoms with Crippen molar-refractivity contribution in [3.8, 4) is 0 Å². The van der Waals surface area contributed by atoms with Crippen molar-refractivity contribution in [1.82, 2.24) is 0 Å². The first-order valence-corrected chi connectivity index (χ1v) is 12.6. The van der Waals surface area contributed by atoms with E-state index in [1.807, 2.05) is 19.1 Å². The maximum atomic E-state index is 11.1. The Balaban J connectivity index is 2.05. The van der Waals surface area contributed by atoms with E-state index in [2.05, 4.69) is 26.8 Å². The summed E-state index contributed by atoms with van der Waals surface area (Å²) in [6.45, 7) is 8.52. The minimum absolute atomic E-state index is 0.0495. The number of aliphatic hydroxyl groups excluding tert-OH is 1. The highest BCUT2D eigenvalue weighted by Crippen LogP contribution is 2.45. The second-order valence-corrected chi connectivity index (χ2v) is 9.85. The summed E-state index contributed by atoms with van der Waals surface area (Å²) >= 11 is 0. The summed E-state index contributed by atoms with van der Waals surface area (Å²) in [5, 5.41) is 11.1. The van der Waals surface area contributed by atoms with Crippen molar-refractivity contribution in [3.63, 3.8) is 0 Å². The number of allylic oxidation sites excluding steroid dienone is 2. The molecule has 2 rings (SSSR count). The fourth-order valence-electron chi connectivity index (χ4n) is 5.78. The van der Waals surface area contributed by atoms with Crippen LogP contribution in [0.5, 0.6) is 0 Å². The highest BCUT2D eigenvalue weighted by atomic mass is 16.7. The Kier molecular flexibility index (Phi) is 12.2. The van der Waals surface area contributed by atoms with Gasteiger partial charge in [-0.3, -0.25) is 0 Å². The lowest BCUT2D eigenvalue weighted by molar-refractivity contribution is -0.295. The van der Waals surface area contributed by atoms with Gasteiger partial charge in [-0.2, -0.15) is 0 Å². The van der Waals surface area contributed by atoms with Gasteiger partial charge >= 0.3 is 0 Å². The number of methoxy groups -OCH3 is 5. The van der Waals surface area contributed by atoms with Gasteiger partial charge in [0.2, 0.25) is 0 Å². The summed E-state index contributed by atoms with van der Waals surface area (Å²) in [5.41, 5.74) is 0.990. The van der Waals surface area contributed by atoms with E-state index in [0.29, 0.717) is 17.8 Å². The topological polar surface area (TPSA) is 75.6 Å². The predicted molar refractivity (Wildman–Crippen MR) is 133 cm³/mol. The van der Waals surface area contributed by atoms with Crippen LogP contribution in [0.15, 0.2) is 23.8 Å². The van der Waals surface area contributed by atoms with Crippen LogP contribution >= 0.6 is 0 Å². The fourth-order valence-corrected chi connectivity index (χ4v) is 5.78. The van der Waals surface area contributed by atoms with Gasteiger partial charge in [-0.25, -0.2) is 0 Å². The third kappa shape index (κ3) is 6.49. The van der Waals surface area contributed by atoms with Crippen LogP contribution in [0.3, 0.4) is 0 Å². The first kappa shape index (κ1) is 29.4. The van der Waals surface area contributed by atoms with E-state index in [-0.39, 0.29) is 36.4 Å². The molecule has 0 bridgehead atoms. The van der Waals surface area contributed by atoms with E-state index in [9.17, 15) is 5.11 Å². The van der Waals surface area contributed by atoms with E-state index < -0.39 is 12.4 Å². The minimum atomic E-state index is -0.559. The lowest BCUT2D eigenvalue weighted by atomic mass is 9.62. The van der Waals surface area contributed by atoms with Gasteiger partial charge in [0.1, 0.15) is 24.4 Å². The van der Waals surface area contributed by atoms with E-state index in [1.54, 1.807) is 35.5 Å². The molecule has 0 aromatic heterocycles. The highest BCUT2D eigenvalue weighted by molar-refractivity contribution is 5.19. The van der Waals surface area contributed by atoms with Crippen molar-refractivity contribution in [2.45, 2.75) is 89.9 Å². The average Bonchev–Trinajstić information content (AvgIpc) is 2.82. The van der Waals surface area contributed by atoms with Crippen molar-refractivity contribution in [1.29, 1.82) is 0 Å². The molecule has 2 fully saturated rings. The second kappa shape index (κ2) is 14.1. The molecule has 0 aromatic carbocycles. The van der Waals surface area contributed by atoms with Gasteiger partial charge in [-0.15, -0.1) is 0 Å². The van der Waals surface area contributed by atoms with Crippen molar-refractivity contribution in [2.75, 3.05) is 35.5 Å². The summed E-state index contributed by atoms with van der Waals surface area (Å²) in [6.07, 6.45) is 7.28. The van der Waals surface area contributed by atoms with Crippen molar-refractivity contribution < 1.29 is 33.5 Å². The molecular weight excluding hydrogens is 436 g/mol. The molecule has 1 N–H and O–H groups in total. The minimum Gasteiger partial charge on any atom is -0.392 e. The molecule has 0 aromatic rings. The summed E-state index contributed by atoms with van der Waals surface area (Å²) in [7, 11) is 8.29. The van der Waals surface area contributed by atoms with Crippen LogP contribution in [0.4, 0.5) is 0 Å². The smallest absolute Gasteiger partial charge is 0.186 e. The maximum Gasteiger partial charge on any atom is 0.186 e. The third-order valence-corrected chi connectivity index (χ3v) is 8.09. The lowest BCUT2D eigenvalue weighted by Crippen LogP contribution is -2.60. The first-order chi connectivity index (χ1) is 16.3. The van der Waals surface area contributed by atoms with E-state index >= 15 is 0 Å². The molecule has 1 aliphatic carbocycles. The predicted octanol–water partition coefficient (Wildman–Crippen LogP) is 3.99. The normalized spacial score (nSPS) is 36.2. The van der Waals surface area contributed by atoms with Crippen LogP contribution in [0.25, 0.3) is 0 Å². The van der Waals surface area contributed by atoms with Crippen LogP contribution in [-0.2, 0) is 28.4 Å². The Morgan fingerprint density at radius 3 is 2.03 bits per heavy atom. The second-order valence-electron chi connectivity index (χ2n) is 9.85. The van der Waals surface area contributed by atoms with Crippen LogP contribution in [-0.4, -0.2) is 83.6 Å². The standard InChI is InChI=1S/C27H48O7/c1-10-21(29-5)18(4)19-14-15-20(19)22(28)16(2)12-11-13-17(3)23-24(30-6)25(31-7)26(32-8)27(33-9)34-23/h11-13,16,18-28H,10,14-15H2,1-9H3/b12-11+,17-13+/t16-,18+,19-,20+,21+,22+,23-,24-,25+,26-,27+/m1/s1. The molecular formula is C27H48O7. The van der Waals surface area contributed by atoms with Crippen LogP contribution in [0.2, 0.25) is 0 Å². The van der Waals surface area contributed by atoms with Gasteiger partial charge in [0, 0.05) is 41.5 Å². The number of hydrogen-bond acceptors (Lipinski definition) is 7. The van der Waals surface area contributed by atoms with Gasteiger partial charge in [0.15, 0.2) is 6.29 Å². The Bertz CT molecular complexity index is 647. The van der Waals surface area contributed by atoms with Crippen molar-refractivity contribution >= 4 is 0 Å². The summed E-state index contributed by atoms with van der Waals surface area (Å²) in [4.78, 5) is 0. The monoisotopic (exact) mass is 484 g/mol. The van der Waals surface area contributed by atoms with Crippen molar-refractivity contribution in [3.05, 3.63) is 23.8 Å². The van der Waals surface area contributed by atoms with Crippen LogP contribution < -0.4 is 0 Å². The summed E-state index contributed by atoms with van der Waals surface area (Å²) in [5.74, 6) is 1.33. The molecule has 0 radical (unpaired) electrons. The lowest BCUT2D eigenvalue weighted by Gasteiger charge is -2.46. The molecule has 0 unspecified atom stereocenters. The van der Waals surface area contributed by atoms with Gasteiger partial charge < -0.3 is 33.5 Å². The van der Waals surface area contributed by atoms with Gasteiger partial charge in [-0.1, -0.05) is 39.0 Å². The molecule has 1 aliphatic heterocycles. The molecule has 34 heavy (non-hydrogen) atoms. The third-order valence-electron chi connectivity index (χ3n) is 8.09. The van der Waals surface area contributed by atoms with E-state index in [0.717, 1.165) is 18.4 Å². The number of ether oxygens (including phenoxy) is 6. The summed E-state index contributed by atoms with van der Waals surface area (Å²) in [6, 6.07) is 0. The van der Waals surface area contributed by atoms with E-state index in [1.165, 1.54) is 6.42 Å². The first-order valence-electron chi connectivity index (χ1n) is 12.6. The molecule has 1 heterocycles. The fraction of sp³-hybridized carbons (Fsp3) is 0.852. The Morgan fingerprint density at radius 1 is 0.941 bits per heavy atom. The number of rotatable bonds is 13. The van der Waals surface area contributed by atoms with Gasteiger partial charge in [0.25, 0.3) is 0 Å². The molecule has 198 valence electrons. The average molecular weight is 485 g/mol. The zero-order valence-corrected chi connectivity index (χ0v) is 22.6. The molecule has 1 saturated carbocycles. The van der Waals surface area contributed by atoms with E-state index in [4.69, 9.17) is 28.4 Å². The Hall–Kier alpha value is -0.800. The molecule has 7 nitrogen and oxygen atoms in total. The zero-order chi connectivity index (χ0) is 25.4. The maximum absolute atomic E-state index is 11.1. The van der Waals surface area contributed by atoms with Gasteiger partial charge in [-0.05, 0) is 49.5 Å². The summed E-state index contributed by atoms with van der Waals surface area (Å²) < 4.78 is 34.4. The SMILES string of the molecule is CC[C@H](OC)[C@@H](C)[C@H]1CC[C@@H]1[C@@H](O)[C@H](C)/C=C/C=C(\C)[C@H]1O[C@H](OC)[C@H](OC)[C@@H](OC)[C@@H]1OC. The molecule has 1 saturated heterocycles. The Labute approximate surface area is 206 Å². The Morgan fingerprint density at radius 2 is 1.56 bits per heavy atom. The molecule has 2 aliphatic rings. The molecule has 0 spiro atoms. The number of hydrogen-bond donors (Lipinski definition) is 1. The van der Waals surface area contributed by atoms with Crippen LogP contribution in [0.1, 0.15) is 47.0 Å². The molecule has 0 amide bonds. The molecule has 7 heteroatoms.